The van der Waals surface area contributed by atoms with Crippen LogP contribution in [-0.2, 0) is 0 Å². The van der Waals surface area contributed by atoms with Crippen LogP contribution in [0.3, 0.4) is 0 Å². The molecule has 1 aromatic carbocycles. The van der Waals surface area contributed by atoms with Gasteiger partial charge in [0.2, 0.25) is 0 Å². The molecule has 0 bridgehead atoms. The lowest BCUT2D eigenvalue weighted by atomic mass is 10.0. The number of carbonyl (C=O) groups excluding carboxylic acids is 1. The van der Waals surface area contributed by atoms with Crippen molar-refractivity contribution in [1.82, 2.24) is 15.5 Å². The summed E-state index contributed by atoms with van der Waals surface area (Å²) < 4.78 is 12.9. The minimum absolute atomic E-state index is 0.244. The summed E-state index contributed by atoms with van der Waals surface area (Å²) in [5, 5.41) is 19.6. The summed E-state index contributed by atoms with van der Waals surface area (Å²) in [4.78, 5) is 12.1. The predicted octanol–water partition coefficient (Wildman–Crippen LogP) is 2.50. The van der Waals surface area contributed by atoms with Crippen LogP contribution in [0.5, 0.6) is 0 Å². The first-order valence-corrected chi connectivity index (χ1v) is 7.91. The van der Waals surface area contributed by atoms with Gasteiger partial charge in [-0.1, -0.05) is 12.8 Å². The van der Waals surface area contributed by atoms with Gasteiger partial charge in [-0.05, 0) is 49.1 Å². The Morgan fingerprint density at radius 1 is 1.35 bits per heavy atom. The highest BCUT2D eigenvalue weighted by atomic mass is 19.1. The largest absolute Gasteiger partial charge is 0.391 e. The Hall–Kier alpha value is -2.21. The van der Waals surface area contributed by atoms with Gasteiger partial charge in [0, 0.05) is 12.1 Å². The minimum Gasteiger partial charge on any atom is -0.391 e. The quantitative estimate of drug-likeness (QED) is 0.793. The van der Waals surface area contributed by atoms with Gasteiger partial charge in [-0.3, -0.25) is 9.89 Å². The molecule has 1 saturated carbocycles. The normalized spacial score (nSPS) is 16.4. The van der Waals surface area contributed by atoms with Crippen LogP contribution in [0.1, 0.15) is 36.2 Å². The Kier molecular flexibility index (Phi) is 4.71. The molecule has 0 saturated heterocycles. The first-order chi connectivity index (χ1) is 11.1. The molecule has 1 aromatic heterocycles. The summed E-state index contributed by atoms with van der Waals surface area (Å²) in [6.45, 7) is 0.244. The van der Waals surface area contributed by atoms with E-state index in [1.165, 1.54) is 12.1 Å². The van der Waals surface area contributed by atoms with Crippen LogP contribution in [0.4, 0.5) is 4.39 Å². The van der Waals surface area contributed by atoms with Gasteiger partial charge in [0.1, 0.15) is 11.5 Å². The number of amides is 1. The molecule has 23 heavy (non-hydrogen) atoms. The highest BCUT2D eigenvalue weighted by Crippen LogP contribution is 2.27. The van der Waals surface area contributed by atoms with Crippen LogP contribution in [0.15, 0.2) is 30.3 Å². The van der Waals surface area contributed by atoms with Crippen molar-refractivity contribution in [2.24, 2.45) is 5.92 Å². The SMILES string of the molecule is O=C(NCC(O)C1CCCC1)c1cc(-c2ccc(F)cc2)n[nH]1. The van der Waals surface area contributed by atoms with E-state index in [0.717, 1.165) is 31.2 Å². The standard InChI is InChI=1S/C17H20FN3O2/c18-13-7-5-11(6-8-13)14-9-15(21-20-14)17(23)19-10-16(22)12-3-1-2-4-12/h5-9,12,16,22H,1-4,10H2,(H,19,23)(H,20,21). The molecule has 1 amide bonds. The average Bonchev–Trinajstić information content (AvgIpc) is 3.24. The molecular weight excluding hydrogens is 297 g/mol. The number of carbonyl (C=O) groups is 1. The molecule has 2 aromatic rings. The summed E-state index contributed by atoms with van der Waals surface area (Å²) in [6, 6.07) is 7.53. The molecule has 1 atom stereocenters. The zero-order valence-corrected chi connectivity index (χ0v) is 12.8. The van der Waals surface area contributed by atoms with Gasteiger partial charge in [-0.15, -0.1) is 0 Å². The lowest BCUT2D eigenvalue weighted by molar-refractivity contribution is 0.0836. The Balaban J connectivity index is 1.58. The smallest absolute Gasteiger partial charge is 0.269 e. The number of aliphatic hydroxyl groups is 1. The first kappa shape index (κ1) is 15.7. The van der Waals surface area contributed by atoms with Crippen molar-refractivity contribution in [2.75, 3.05) is 6.54 Å². The van der Waals surface area contributed by atoms with Crippen molar-refractivity contribution in [3.05, 3.63) is 41.8 Å². The summed E-state index contributed by atoms with van der Waals surface area (Å²) in [6.07, 6.45) is 3.85. The number of aromatic nitrogens is 2. The molecule has 6 heteroatoms. The molecule has 1 fully saturated rings. The van der Waals surface area contributed by atoms with Gasteiger partial charge in [-0.2, -0.15) is 5.10 Å². The van der Waals surface area contributed by atoms with E-state index in [0.29, 0.717) is 11.4 Å². The van der Waals surface area contributed by atoms with E-state index >= 15 is 0 Å². The molecule has 3 N–H and O–H groups in total. The summed E-state index contributed by atoms with van der Waals surface area (Å²) in [7, 11) is 0. The Morgan fingerprint density at radius 3 is 2.74 bits per heavy atom. The topological polar surface area (TPSA) is 78.0 Å². The number of hydrogen-bond donors (Lipinski definition) is 3. The second-order valence-electron chi connectivity index (χ2n) is 6.00. The van der Waals surface area contributed by atoms with Gasteiger partial charge in [-0.25, -0.2) is 4.39 Å². The fourth-order valence-corrected chi connectivity index (χ4v) is 3.01. The molecule has 0 aliphatic heterocycles. The number of rotatable bonds is 5. The van der Waals surface area contributed by atoms with E-state index in [4.69, 9.17) is 0 Å². The Labute approximate surface area is 133 Å². The van der Waals surface area contributed by atoms with E-state index in [1.54, 1.807) is 18.2 Å². The van der Waals surface area contributed by atoms with Crippen LogP contribution < -0.4 is 5.32 Å². The van der Waals surface area contributed by atoms with E-state index in [9.17, 15) is 14.3 Å². The monoisotopic (exact) mass is 317 g/mol. The first-order valence-electron chi connectivity index (χ1n) is 7.91. The van der Waals surface area contributed by atoms with Crippen molar-refractivity contribution in [3.8, 4) is 11.3 Å². The van der Waals surface area contributed by atoms with Gasteiger partial charge in [0.15, 0.2) is 0 Å². The van der Waals surface area contributed by atoms with Crippen LogP contribution in [0.25, 0.3) is 11.3 Å². The molecule has 3 rings (SSSR count). The number of benzene rings is 1. The fraction of sp³-hybridized carbons (Fsp3) is 0.412. The molecule has 0 radical (unpaired) electrons. The maximum absolute atomic E-state index is 12.9. The Bertz CT molecular complexity index is 663. The second-order valence-corrected chi connectivity index (χ2v) is 6.00. The average molecular weight is 317 g/mol. The van der Waals surface area contributed by atoms with Crippen molar-refractivity contribution in [2.45, 2.75) is 31.8 Å². The number of aliphatic hydroxyl groups excluding tert-OH is 1. The van der Waals surface area contributed by atoms with Crippen molar-refractivity contribution < 1.29 is 14.3 Å². The van der Waals surface area contributed by atoms with E-state index in [1.807, 2.05) is 0 Å². The van der Waals surface area contributed by atoms with Crippen LogP contribution in [0, 0.1) is 11.7 Å². The summed E-state index contributed by atoms with van der Waals surface area (Å²) in [5.74, 6) is -0.335. The lowest BCUT2D eigenvalue weighted by Gasteiger charge is -2.17. The maximum Gasteiger partial charge on any atom is 0.269 e. The van der Waals surface area contributed by atoms with Crippen LogP contribution in [-0.4, -0.2) is 33.9 Å². The second kappa shape index (κ2) is 6.91. The molecule has 5 nitrogen and oxygen atoms in total. The number of aromatic amines is 1. The molecule has 1 aliphatic rings. The van der Waals surface area contributed by atoms with Crippen LogP contribution >= 0.6 is 0 Å². The number of nitrogens with zero attached hydrogens (tertiary/aromatic N) is 1. The maximum atomic E-state index is 12.9. The number of hydrogen-bond acceptors (Lipinski definition) is 3. The van der Waals surface area contributed by atoms with Crippen molar-refractivity contribution >= 4 is 5.91 Å². The Morgan fingerprint density at radius 2 is 2.04 bits per heavy atom. The third-order valence-corrected chi connectivity index (χ3v) is 4.38. The lowest BCUT2D eigenvalue weighted by Crippen LogP contribution is -2.35. The fourth-order valence-electron chi connectivity index (χ4n) is 3.01. The number of halogens is 1. The number of H-pyrrole nitrogens is 1. The molecule has 1 heterocycles. The van der Waals surface area contributed by atoms with Gasteiger partial charge < -0.3 is 10.4 Å². The molecule has 1 aliphatic carbocycles. The third-order valence-electron chi connectivity index (χ3n) is 4.38. The van der Waals surface area contributed by atoms with E-state index in [-0.39, 0.29) is 24.2 Å². The third kappa shape index (κ3) is 3.76. The molecule has 1 unspecified atom stereocenters. The molecular formula is C17H20FN3O2. The minimum atomic E-state index is -0.499. The van der Waals surface area contributed by atoms with Gasteiger partial charge in [0.25, 0.3) is 5.91 Å². The molecule has 122 valence electrons. The highest BCUT2D eigenvalue weighted by molar-refractivity contribution is 5.93. The van der Waals surface area contributed by atoms with E-state index in [2.05, 4.69) is 15.5 Å². The zero-order valence-electron chi connectivity index (χ0n) is 12.8. The van der Waals surface area contributed by atoms with Gasteiger partial charge in [0.05, 0.1) is 11.8 Å². The van der Waals surface area contributed by atoms with E-state index < -0.39 is 6.10 Å². The number of nitrogens with one attached hydrogen (secondary N) is 2. The molecule has 0 spiro atoms. The summed E-state index contributed by atoms with van der Waals surface area (Å²) >= 11 is 0. The van der Waals surface area contributed by atoms with Crippen molar-refractivity contribution in [3.63, 3.8) is 0 Å². The predicted molar refractivity (Wildman–Crippen MR) is 84.3 cm³/mol. The van der Waals surface area contributed by atoms with Crippen molar-refractivity contribution in [1.29, 1.82) is 0 Å². The van der Waals surface area contributed by atoms with Gasteiger partial charge >= 0.3 is 0 Å². The van der Waals surface area contributed by atoms with Crippen LogP contribution in [0.2, 0.25) is 0 Å². The highest BCUT2D eigenvalue weighted by Gasteiger charge is 2.23. The summed E-state index contributed by atoms with van der Waals surface area (Å²) in [5.41, 5.74) is 1.63. The zero-order chi connectivity index (χ0) is 16.2.